The number of methoxy groups -OCH3 is 1. The molecule has 0 aromatic carbocycles. The summed E-state index contributed by atoms with van der Waals surface area (Å²) in [5, 5.41) is 3.60. The normalized spacial score (nSPS) is 20.2. The summed E-state index contributed by atoms with van der Waals surface area (Å²) < 4.78 is 4.30. The van der Waals surface area contributed by atoms with Gasteiger partial charge in [-0.05, 0) is 12.8 Å². The number of rotatable bonds is 3. The van der Waals surface area contributed by atoms with Crippen molar-refractivity contribution in [3.63, 3.8) is 0 Å². The fourth-order valence-corrected chi connectivity index (χ4v) is 2.01. The first-order valence-electron chi connectivity index (χ1n) is 5.43. The topological polar surface area (TPSA) is 99.9 Å². The number of nitrogens with zero attached hydrogens (tertiary/aromatic N) is 1. The van der Waals surface area contributed by atoms with E-state index in [1.165, 1.54) is 13.5 Å². The van der Waals surface area contributed by atoms with Crippen LogP contribution in [-0.4, -0.2) is 25.6 Å². The van der Waals surface area contributed by atoms with Crippen molar-refractivity contribution in [3.05, 3.63) is 0 Å². The number of carbonyl (C=O) groups excluding carboxylic acids is 1. The van der Waals surface area contributed by atoms with E-state index in [2.05, 4.69) is 14.7 Å². The second-order valence-electron chi connectivity index (χ2n) is 4.07. The Bertz CT molecular complexity index is 272. The lowest BCUT2D eigenvalue weighted by atomic mass is 9.73. The minimum atomic E-state index is -0.870. The molecule has 4 N–H and O–H groups in total. The van der Waals surface area contributed by atoms with E-state index in [1.807, 2.05) is 0 Å². The highest BCUT2D eigenvalue weighted by atomic mass is 16.8. The third-order valence-electron chi connectivity index (χ3n) is 3.13. The van der Waals surface area contributed by atoms with Crippen LogP contribution in [0.4, 0.5) is 4.79 Å². The molecule has 1 rings (SSSR count). The van der Waals surface area contributed by atoms with Crippen molar-refractivity contribution in [3.8, 4) is 0 Å². The van der Waals surface area contributed by atoms with Crippen molar-refractivity contribution < 1.29 is 14.4 Å². The lowest BCUT2D eigenvalue weighted by molar-refractivity contribution is 0.0736. The van der Waals surface area contributed by atoms with Gasteiger partial charge in [-0.2, -0.15) is 0 Å². The Morgan fingerprint density at radius 1 is 1.38 bits per heavy atom. The van der Waals surface area contributed by atoms with Crippen molar-refractivity contribution >= 4 is 12.0 Å². The van der Waals surface area contributed by atoms with Gasteiger partial charge in [0, 0.05) is 12.0 Å². The van der Waals surface area contributed by atoms with Gasteiger partial charge in [-0.1, -0.05) is 24.4 Å². The van der Waals surface area contributed by atoms with Gasteiger partial charge >= 0.3 is 6.16 Å². The predicted octanol–water partition coefficient (Wildman–Crippen LogP) is 0.951. The second kappa shape index (κ2) is 5.69. The Morgan fingerprint density at radius 3 is 2.50 bits per heavy atom. The standard InChI is InChI=1S/C10H19N3O3/c1-15-9(14)16-13-8(12)10(7-11)5-3-2-4-6-10/h2-7,11H2,1H3,(H2,12,13). The van der Waals surface area contributed by atoms with E-state index in [9.17, 15) is 4.79 Å². The predicted molar refractivity (Wildman–Crippen MR) is 59.7 cm³/mol. The maximum absolute atomic E-state index is 10.8. The first-order chi connectivity index (χ1) is 7.64. The number of nitrogens with two attached hydrogens (primary N) is 2. The molecule has 1 fully saturated rings. The molecule has 92 valence electrons. The van der Waals surface area contributed by atoms with Crippen LogP contribution in [0.3, 0.4) is 0 Å². The smallest absolute Gasteiger partial charge is 0.436 e. The van der Waals surface area contributed by atoms with Gasteiger partial charge in [-0.15, -0.1) is 0 Å². The average Bonchev–Trinajstić information content (AvgIpc) is 2.36. The Hall–Kier alpha value is -1.30. The first kappa shape index (κ1) is 12.8. The summed E-state index contributed by atoms with van der Waals surface area (Å²) >= 11 is 0. The van der Waals surface area contributed by atoms with Crippen molar-refractivity contribution in [2.75, 3.05) is 13.7 Å². The van der Waals surface area contributed by atoms with Gasteiger partial charge in [-0.3, -0.25) is 4.84 Å². The molecule has 0 saturated heterocycles. The van der Waals surface area contributed by atoms with E-state index >= 15 is 0 Å². The molecule has 16 heavy (non-hydrogen) atoms. The lowest BCUT2D eigenvalue weighted by Gasteiger charge is -2.34. The molecule has 0 atom stereocenters. The van der Waals surface area contributed by atoms with E-state index in [1.54, 1.807) is 0 Å². The molecular formula is C10H19N3O3. The number of hydrogen-bond donors (Lipinski definition) is 2. The van der Waals surface area contributed by atoms with Gasteiger partial charge in [0.2, 0.25) is 0 Å². The summed E-state index contributed by atoms with van der Waals surface area (Å²) in [6, 6.07) is 0. The molecule has 0 spiro atoms. The van der Waals surface area contributed by atoms with Gasteiger partial charge in [0.25, 0.3) is 0 Å². The molecule has 0 unspecified atom stereocenters. The highest BCUT2D eigenvalue weighted by Crippen LogP contribution is 2.35. The summed E-state index contributed by atoms with van der Waals surface area (Å²) in [5.74, 6) is 0.292. The largest absolute Gasteiger partial charge is 0.534 e. The maximum atomic E-state index is 10.8. The van der Waals surface area contributed by atoms with E-state index in [0.29, 0.717) is 12.4 Å². The lowest BCUT2D eigenvalue weighted by Crippen LogP contribution is -2.45. The zero-order valence-electron chi connectivity index (χ0n) is 9.57. The van der Waals surface area contributed by atoms with Crippen LogP contribution in [0.2, 0.25) is 0 Å². The number of amidine groups is 1. The molecule has 0 aromatic rings. The minimum absolute atomic E-state index is 0.292. The summed E-state index contributed by atoms with van der Waals surface area (Å²) in [7, 11) is 1.22. The molecule has 0 heterocycles. The average molecular weight is 229 g/mol. The van der Waals surface area contributed by atoms with E-state index in [-0.39, 0.29) is 5.41 Å². The van der Waals surface area contributed by atoms with Crippen LogP contribution in [-0.2, 0) is 9.57 Å². The van der Waals surface area contributed by atoms with Crippen molar-refractivity contribution in [1.82, 2.24) is 0 Å². The zero-order chi connectivity index (χ0) is 12.0. The molecule has 6 heteroatoms. The number of oxime groups is 1. The fourth-order valence-electron chi connectivity index (χ4n) is 2.01. The molecule has 0 aliphatic heterocycles. The summed E-state index contributed by atoms with van der Waals surface area (Å²) in [5.41, 5.74) is 11.3. The third kappa shape index (κ3) is 2.85. The van der Waals surface area contributed by atoms with Gasteiger partial charge in [-0.25, -0.2) is 4.79 Å². The van der Waals surface area contributed by atoms with Gasteiger partial charge < -0.3 is 16.2 Å². The summed E-state index contributed by atoms with van der Waals surface area (Å²) in [6.07, 6.45) is 4.25. The van der Waals surface area contributed by atoms with E-state index in [4.69, 9.17) is 11.5 Å². The molecule has 6 nitrogen and oxygen atoms in total. The monoisotopic (exact) mass is 229 g/mol. The number of hydrogen-bond acceptors (Lipinski definition) is 5. The Kier molecular flexibility index (Phi) is 4.54. The maximum Gasteiger partial charge on any atom is 0.534 e. The second-order valence-corrected chi connectivity index (χ2v) is 4.07. The number of ether oxygens (including phenoxy) is 1. The molecule has 0 bridgehead atoms. The molecule has 0 radical (unpaired) electrons. The van der Waals surface area contributed by atoms with Crippen molar-refractivity contribution in [2.24, 2.45) is 22.0 Å². The van der Waals surface area contributed by atoms with Gasteiger partial charge in [0.1, 0.15) is 5.84 Å². The van der Waals surface area contributed by atoms with Crippen LogP contribution in [0.1, 0.15) is 32.1 Å². The van der Waals surface area contributed by atoms with Gasteiger partial charge in [0.15, 0.2) is 0 Å². The molecular weight excluding hydrogens is 210 g/mol. The summed E-state index contributed by atoms with van der Waals surface area (Å²) in [6.45, 7) is 0.423. The number of carbonyl (C=O) groups is 1. The van der Waals surface area contributed by atoms with Crippen LogP contribution in [0.5, 0.6) is 0 Å². The highest BCUT2D eigenvalue weighted by Gasteiger charge is 2.35. The molecule has 1 aliphatic rings. The molecule has 0 aromatic heterocycles. The highest BCUT2D eigenvalue weighted by molar-refractivity contribution is 5.86. The SMILES string of the molecule is COC(=O)O/N=C(\N)C1(CN)CCCCC1. The van der Waals surface area contributed by atoms with E-state index < -0.39 is 6.16 Å². The Balaban J connectivity index is 2.67. The van der Waals surface area contributed by atoms with Crippen LogP contribution in [0.25, 0.3) is 0 Å². The van der Waals surface area contributed by atoms with Crippen LogP contribution < -0.4 is 11.5 Å². The van der Waals surface area contributed by atoms with E-state index in [0.717, 1.165) is 25.7 Å². The fraction of sp³-hybridized carbons (Fsp3) is 0.800. The van der Waals surface area contributed by atoms with Gasteiger partial charge in [0.05, 0.1) is 7.11 Å². The summed E-state index contributed by atoms with van der Waals surface area (Å²) in [4.78, 5) is 15.2. The van der Waals surface area contributed by atoms with Crippen LogP contribution >= 0.6 is 0 Å². The van der Waals surface area contributed by atoms with Crippen molar-refractivity contribution in [1.29, 1.82) is 0 Å². The molecule has 1 saturated carbocycles. The Labute approximate surface area is 94.9 Å². The van der Waals surface area contributed by atoms with Crippen LogP contribution in [0.15, 0.2) is 5.16 Å². The first-order valence-corrected chi connectivity index (χ1v) is 5.43. The minimum Gasteiger partial charge on any atom is -0.436 e. The Morgan fingerprint density at radius 2 is 2.00 bits per heavy atom. The molecule has 1 aliphatic carbocycles. The zero-order valence-corrected chi connectivity index (χ0v) is 9.57. The van der Waals surface area contributed by atoms with Crippen molar-refractivity contribution in [2.45, 2.75) is 32.1 Å². The van der Waals surface area contributed by atoms with Crippen LogP contribution in [0, 0.1) is 5.41 Å². The third-order valence-corrected chi connectivity index (χ3v) is 3.13. The quantitative estimate of drug-likeness (QED) is 0.247. The molecule has 0 amide bonds.